The smallest absolute Gasteiger partial charge is 0.310 e. The van der Waals surface area contributed by atoms with Crippen LogP contribution in [0.1, 0.15) is 18.9 Å². The van der Waals surface area contributed by atoms with Crippen molar-refractivity contribution < 1.29 is 14.3 Å². The number of para-hydroxylation sites is 1. The highest BCUT2D eigenvalue weighted by Gasteiger charge is 2.16. The lowest BCUT2D eigenvalue weighted by Gasteiger charge is -2.17. The van der Waals surface area contributed by atoms with Gasteiger partial charge in [-0.3, -0.25) is 4.79 Å². The minimum atomic E-state index is -0.189. The van der Waals surface area contributed by atoms with Gasteiger partial charge in [-0.1, -0.05) is 18.2 Å². The Morgan fingerprint density at radius 1 is 1.44 bits per heavy atom. The van der Waals surface area contributed by atoms with Crippen molar-refractivity contribution in [1.82, 2.24) is 0 Å². The summed E-state index contributed by atoms with van der Waals surface area (Å²) in [6, 6.07) is 7.73. The lowest BCUT2D eigenvalue weighted by molar-refractivity contribution is -0.141. The highest BCUT2D eigenvalue weighted by atomic mass is 16.5. The Morgan fingerprint density at radius 2 is 2.25 bits per heavy atom. The number of carbonyl (C=O) groups is 1. The summed E-state index contributed by atoms with van der Waals surface area (Å²) in [5.41, 5.74) is 1.97. The number of fused-ring (bicyclic) bond motifs is 1. The molecule has 0 bridgehead atoms. The van der Waals surface area contributed by atoms with Crippen molar-refractivity contribution >= 4 is 11.5 Å². The van der Waals surface area contributed by atoms with E-state index in [0.29, 0.717) is 19.6 Å². The van der Waals surface area contributed by atoms with Crippen LogP contribution in [0.25, 0.3) is 5.57 Å². The summed E-state index contributed by atoms with van der Waals surface area (Å²) < 4.78 is 10.4. The maximum Gasteiger partial charge on any atom is 0.310 e. The zero-order valence-corrected chi connectivity index (χ0v) is 9.23. The van der Waals surface area contributed by atoms with Crippen LogP contribution in [-0.4, -0.2) is 19.2 Å². The molecule has 0 N–H and O–H groups in total. The molecule has 0 amide bonds. The Labute approximate surface area is 94.7 Å². The molecule has 3 heteroatoms. The van der Waals surface area contributed by atoms with Crippen molar-refractivity contribution in [1.29, 1.82) is 0 Å². The lowest BCUT2D eigenvalue weighted by atomic mass is 10.00. The standard InChI is InChI=1S/C13H14O3/c1-2-15-13(14)9-10-7-8-16-12-6-4-3-5-11(10)12/h3-7H,2,8-9H2,1H3. The molecule has 3 nitrogen and oxygen atoms in total. The van der Waals surface area contributed by atoms with Crippen molar-refractivity contribution in [3.63, 3.8) is 0 Å². The van der Waals surface area contributed by atoms with E-state index in [0.717, 1.165) is 16.9 Å². The summed E-state index contributed by atoms with van der Waals surface area (Å²) in [6.07, 6.45) is 2.24. The van der Waals surface area contributed by atoms with Crippen molar-refractivity contribution in [3.8, 4) is 5.75 Å². The molecule has 1 heterocycles. The molecular formula is C13H14O3. The second-order valence-electron chi connectivity index (χ2n) is 3.52. The average molecular weight is 218 g/mol. The molecule has 1 aliphatic heterocycles. The van der Waals surface area contributed by atoms with E-state index in [1.165, 1.54) is 0 Å². The van der Waals surface area contributed by atoms with Gasteiger partial charge >= 0.3 is 5.97 Å². The Morgan fingerprint density at radius 3 is 3.06 bits per heavy atom. The molecule has 0 aliphatic carbocycles. The molecule has 0 saturated carbocycles. The fourth-order valence-electron chi connectivity index (χ4n) is 1.73. The molecule has 84 valence electrons. The average Bonchev–Trinajstić information content (AvgIpc) is 2.30. The summed E-state index contributed by atoms with van der Waals surface area (Å²) in [7, 11) is 0. The zero-order valence-electron chi connectivity index (χ0n) is 9.23. The highest BCUT2D eigenvalue weighted by molar-refractivity contribution is 5.87. The number of rotatable bonds is 3. The number of ether oxygens (including phenoxy) is 2. The molecule has 2 rings (SSSR count). The van der Waals surface area contributed by atoms with Gasteiger partial charge in [0.05, 0.1) is 13.0 Å². The second kappa shape index (κ2) is 4.84. The fourth-order valence-corrected chi connectivity index (χ4v) is 1.73. The van der Waals surface area contributed by atoms with E-state index in [1.54, 1.807) is 0 Å². The van der Waals surface area contributed by atoms with Crippen molar-refractivity contribution in [2.45, 2.75) is 13.3 Å². The molecule has 1 aromatic carbocycles. The van der Waals surface area contributed by atoms with E-state index in [4.69, 9.17) is 9.47 Å². The first-order valence-electron chi connectivity index (χ1n) is 5.38. The van der Waals surface area contributed by atoms with Crippen molar-refractivity contribution in [3.05, 3.63) is 35.9 Å². The van der Waals surface area contributed by atoms with Gasteiger partial charge in [-0.2, -0.15) is 0 Å². The molecule has 0 saturated heterocycles. The number of esters is 1. The largest absolute Gasteiger partial charge is 0.489 e. The molecule has 1 aromatic rings. The molecular weight excluding hydrogens is 204 g/mol. The van der Waals surface area contributed by atoms with Crippen LogP contribution in [-0.2, 0) is 9.53 Å². The van der Waals surface area contributed by atoms with Crippen LogP contribution < -0.4 is 4.74 Å². The van der Waals surface area contributed by atoms with Crippen LogP contribution in [0, 0.1) is 0 Å². The van der Waals surface area contributed by atoms with Gasteiger partial charge in [0.1, 0.15) is 12.4 Å². The first-order valence-corrected chi connectivity index (χ1v) is 5.38. The van der Waals surface area contributed by atoms with Crippen LogP contribution in [0.4, 0.5) is 0 Å². The topological polar surface area (TPSA) is 35.5 Å². The molecule has 0 radical (unpaired) electrons. The molecule has 1 aliphatic rings. The normalized spacial score (nSPS) is 13.4. The van der Waals surface area contributed by atoms with Crippen LogP contribution in [0.3, 0.4) is 0 Å². The molecule has 0 atom stereocenters. The summed E-state index contributed by atoms with van der Waals surface area (Å²) in [5, 5.41) is 0. The Hall–Kier alpha value is -1.77. The molecule has 0 spiro atoms. The number of hydrogen-bond donors (Lipinski definition) is 0. The third-order valence-electron chi connectivity index (χ3n) is 2.44. The summed E-state index contributed by atoms with van der Waals surface area (Å²) in [5.74, 6) is 0.648. The number of benzene rings is 1. The van der Waals surface area contributed by atoms with Crippen LogP contribution >= 0.6 is 0 Å². The van der Waals surface area contributed by atoms with Gasteiger partial charge in [0, 0.05) is 5.56 Å². The SMILES string of the molecule is CCOC(=O)CC1=CCOc2ccccc21. The third kappa shape index (κ3) is 2.24. The minimum absolute atomic E-state index is 0.189. The lowest BCUT2D eigenvalue weighted by Crippen LogP contribution is -2.09. The first-order chi connectivity index (χ1) is 7.81. The van der Waals surface area contributed by atoms with E-state index >= 15 is 0 Å². The van der Waals surface area contributed by atoms with Crippen LogP contribution in [0.2, 0.25) is 0 Å². The van der Waals surface area contributed by atoms with E-state index < -0.39 is 0 Å². The van der Waals surface area contributed by atoms with Crippen LogP contribution in [0.5, 0.6) is 5.75 Å². The first kappa shape index (κ1) is 10.7. The Kier molecular flexibility index (Phi) is 3.25. The van der Waals surface area contributed by atoms with E-state index in [9.17, 15) is 4.79 Å². The van der Waals surface area contributed by atoms with E-state index in [2.05, 4.69) is 0 Å². The quantitative estimate of drug-likeness (QED) is 0.731. The molecule has 0 aromatic heterocycles. The Bertz CT molecular complexity index is 421. The maximum absolute atomic E-state index is 11.4. The zero-order chi connectivity index (χ0) is 11.4. The fraction of sp³-hybridized carbons (Fsp3) is 0.308. The summed E-state index contributed by atoms with van der Waals surface area (Å²) in [4.78, 5) is 11.4. The summed E-state index contributed by atoms with van der Waals surface area (Å²) in [6.45, 7) is 2.75. The van der Waals surface area contributed by atoms with Gasteiger partial charge in [0.2, 0.25) is 0 Å². The summed E-state index contributed by atoms with van der Waals surface area (Å²) >= 11 is 0. The molecule has 0 unspecified atom stereocenters. The van der Waals surface area contributed by atoms with Gasteiger partial charge in [-0.15, -0.1) is 0 Å². The number of hydrogen-bond acceptors (Lipinski definition) is 3. The van der Waals surface area contributed by atoms with Gasteiger partial charge in [0.15, 0.2) is 0 Å². The second-order valence-corrected chi connectivity index (χ2v) is 3.52. The molecule has 16 heavy (non-hydrogen) atoms. The van der Waals surface area contributed by atoms with Crippen molar-refractivity contribution in [2.24, 2.45) is 0 Å². The van der Waals surface area contributed by atoms with Crippen LogP contribution in [0.15, 0.2) is 30.3 Å². The monoisotopic (exact) mass is 218 g/mol. The van der Waals surface area contributed by atoms with E-state index in [-0.39, 0.29) is 5.97 Å². The van der Waals surface area contributed by atoms with Gasteiger partial charge in [0.25, 0.3) is 0 Å². The Balaban J connectivity index is 2.16. The number of carbonyl (C=O) groups excluding carboxylic acids is 1. The predicted molar refractivity (Wildman–Crippen MR) is 61.2 cm³/mol. The minimum Gasteiger partial charge on any atom is -0.489 e. The van der Waals surface area contributed by atoms with Gasteiger partial charge < -0.3 is 9.47 Å². The maximum atomic E-state index is 11.4. The van der Waals surface area contributed by atoms with Gasteiger partial charge in [-0.05, 0) is 24.6 Å². The third-order valence-corrected chi connectivity index (χ3v) is 2.44. The van der Waals surface area contributed by atoms with Gasteiger partial charge in [-0.25, -0.2) is 0 Å². The van der Waals surface area contributed by atoms with Crippen molar-refractivity contribution in [2.75, 3.05) is 13.2 Å². The molecule has 0 fully saturated rings. The highest BCUT2D eigenvalue weighted by Crippen LogP contribution is 2.31. The predicted octanol–water partition coefficient (Wildman–Crippen LogP) is 2.42. The van der Waals surface area contributed by atoms with E-state index in [1.807, 2.05) is 37.3 Å².